The highest BCUT2D eigenvalue weighted by Gasteiger charge is 2.38. The highest BCUT2D eigenvalue weighted by molar-refractivity contribution is 6.74. The highest BCUT2D eigenvalue weighted by atomic mass is 28.4. The van der Waals surface area contributed by atoms with Crippen molar-refractivity contribution in [1.82, 2.24) is 5.32 Å². The van der Waals surface area contributed by atoms with E-state index in [-0.39, 0.29) is 11.6 Å². The number of ether oxygens (including phenoxy) is 1. The maximum absolute atomic E-state index is 12.0. The first kappa shape index (κ1) is 21.8. The van der Waals surface area contributed by atoms with E-state index in [1.165, 1.54) is 0 Å². The molecule has 0 fully saturated rings. The van der Waals surface area contributed by atoms with E-state index in [0.29, 0.717) is 0 Å². The van der Waals surface area contributed by atoms with Crippen LogP contribution in [0, 0.1) is 0 Å². The second-order valence-electron chi connectivity index (χ2n) is 8.27. The normalized spacial score (nSPS) is 15.3. The van der Waals surface area contributed by atoms with Crippen LogP contribution in [0.5, 0.6) is 0 Å². The van der Waals surface area contributed by atoms with Gasteiger partial charge in [0.1, 0.15) is 5.60 Å². The average molecular weight is 345 g/mol. The van der Waals surface area contributed by atoms with Crippen molar-refractivity contribution in [2.45, 2.75) is 84.3 Å². The first-order chi connectivity index (χ1) is 10.2. The second kappa shape index (κ2) is 8.03. The van der Waals surface area contributed by atoms with Crippen molar-refractivity contribution >= 4 is 14.4 Å². The van der Waals surface area contributed by atoms with Crippen molar-refractivity contribution < 1.29 is 14.0 Å². The Morgan fingerprint density at radius 2 is 1.78 bits per heavy atom. The Hall–Kier alpha value is -1.24. The lowest BCUT2D eigenvalue weighted by Crippen LogP contribution is -2.50. The molecule has 134 valence electrons. The fourth-order valence-corrected chi connectivity index (χ4v) is 2.47. The van der Waals surface area contributed by atoms with Gasteiger partial charge in [0.25, 0.3) is 0 Å². The van der Waals surface area contributed by atoms with Crippen LogP contribution in [0.4, 0.5) is 4.79 Å². The SMILES string of the molecule is C[C@@H](N=[N+]=[N-])[C@@H](CO[Si](C)(C)C(C)(C)C)NC(=O)OC(C)(C)C. The molecule has 0 aromatic rings. The Balaban J connectivity index is 4.97. The van der Waals surface area contributed by atoms with Crippen LogP contribution in [0.3, 0.4) is 0 Å². The summed E-state index contributed by atoms with van der Waals surface area (Å²) in [4.78, 5) is 14.8. The average Bonchev–Trinajstić information content (AvgIpc) is 2.30. The minimum absolute atomic E-state index is 0.0607. The van der Waals surface area contributed by atoms with E-state index in [1.54, 1.807) is 27.7 Å². The topological polar surface area (TPSA) is 96.3 Å². The summed E-state index contributed by atoms with van der Waals surface area (Å²) in [6.07, 6.45) is -0.540. The summed E-state index contributed by atoms with van der Waals surface area (Å²) >= 11 is 0. The second-order valence-corrected chi connectivity index (χ2v) is 13.1. The molecule has 0 heterocycles. The molecule has 0 rings (SSSR count). The van der Waals surface area contributed by atoms with Crippen LogP contribution in [0.25, 0.3) is 10.4 Å². The molecular weight excluding hydrogens is 312 g/mol. The van der Waals surface area contributed by atoms with Gasteiger partial charge in [0.2, 0.25) is 0 Å². The van der Waals surface area contributed by atoms with E-state index in [2.05, 4.69) is 49.2 Å². The van der Waals surface area contributed by atoms with Crippen molar-refractivity contribution in [1.29, 1.82) is 0 Å². The molecule has 0 aliphatic carbocycles. The van der Waals surface area contributed by atoms with E-state index in [9.17, 15) is 4.79 Å². The zero-order valence-electron chi connectivity index (χ0n) is 15.9. The molecule has 0 aromatic carbocycles. The van der Waals surface area contributed by atoms with E-state index >= 15 is 0 Å². The number of nitrogens with one attached hydrogen (secondary N) is 1. The van der Waals surface area contributed by atoms with Gasteiger partial charge in [-0.05, 0) is 44.4 Å². The predicted molar refractivity (Wildman–Crippen MR) is 94.9 cm³/mol. The number of azide groups is 1. The zero-order chi connectivity index (χ0) is 18.5. The number of carbonyl (C=O) groups excluding carboxylic acids is 1. The van der Waals surface area contributed by atoms with E-state index in [1.807, 2.05) is 0 Å². The molecule has 0 aliphatic heterocycles. The summed E-state index contributed by atoms with van der Waals surface area (Å²) < 4.78 is 11.4. The molecule has 0 spiro atoms. The molecule has 8 heteroatoms. The molecule has 0 aromatic heterocycles. The fraction of sp³-hybridized carbons (Fsp3) is 0.933. The molecule has 0 saturated carbocycles. The monoisotopic (exact) mass is 344 g/mol. The van der Waals surface area contributed by atoms with Gasteiger partial charge in [-0.1, -0.05) is 32.8 Å². The predicted octanol–water partition coefficient (Wildman–Crippen LogP) is 4.60. The molecule has 0 bridgehead atoms. The number of amides is 1. The minimum Gasteiger partial charge on any atom is -0.444 e. The number of hydrogen-bond acceptors (Lipinski definition) is 4. The maximum Gasteiger partial charge on any atom is 0.407 e. The number of hydrogen-bond donors (Lipinski definition) is 1. The van der Waals surface area contributed by atoms with Crippen LogP contribution >= 0.6 is 0 Å². The van der Waals surface area contributed by atoms with Crippen LogP contribution in [0.2, 0.25) is 18.1 Å². The summed E-state index contributed by atoms with van der Waals surface area (Å²) in [5.74, 6) is 0. The lowest BCUT2D eigenvalue weighted by Gasteiger charge is -2.38. The maximum atomic E-state index is 12.0. The number of rotatable bonds is 6. The summed E-state index contributed by atoms with van der Waals surface area (Å²) in [7, 11) is -1.96. The van der Waals surface area contributed by atoms with E-state index < -0.39 is 32.1 Å². The fourth-order valence-electron chi connectivity index (χ4n) is 1.44. The summed E-state index contributed by atoms with van der Waals surface area (Å²) in [5, 5.41) is 6.50. The van der Waals surface area contributed by atoms with Crippen LogP contribution in [0.1, 0.15) is 48.5 Å². The van der Waals surface area contributed by atoms with Crippen molar-refractivity contribution in [3.8, 4) is 0 Å². The zero-order valence-corrected chi connectivity index (χ0v) is 16.9. The smallest absolute Gasteiger partial charge is 0.407 e. The van der Waals surface area contributed by atoms with Crippen molar-refractivity contribution in [2.24, 2.45) is 5.11 Å². The third-order valence-corrected chi connectivity index (χ3v) is 8.45. The minimum atomic E-state index is -1.96. The summed E-state index contributed by atoms with van der Waals surface area (Å²) in [5.41, 5.74) is 8.06. The van der Waals surface area contributed by atoms with Crippen molar-refractivity contribution in [3.05, 3.63) is 10.4 Å². The molecule has 0 radical (unpaired) electrons. The molecule has 0 aliphatic rings. The Bertz CT molecular complexity index is 449. The highest BCUT2D eigenvalue weighted by Crippen LogP contribution is 2.36. The van der Waals surface area contributed by atoms with Crippen LogP contribution < -0.4 is 5.32 Å². The largest absolute Gasteiger partial charge is 0.444 e. The Morgan fingerprint density at radius 1 is 1.26 bits per heavy atom. The Morgan fingerprint density at radius 3 is 2.17 bits per heavy atom. The third kappa shape index (κ3) is 8.25. The van der Waals surface area contributed by atoms with Crippen molar-refractivity contribution in [3.63, 3.8) is 0 Å². The molecule has 1 amide bonds. The van der Waals surface area contributed by atoms with Crippen LogP contribution in [-0.2, 0) is 9.16 Å². The molecule has 0 saturated heterocycles. The summed E-state index contributed by atoms with van der Waals surface area (Å²) in [6, 6.07) is -0.868. The molecule has 2 atom stereocenters. The summed E-state index contributed by atoms with van der Waals surface area (Å²) in [6.45, 7) is 18.1. The van der Waals surface area contributed by atoms with Gasteiger partial charge >= 0.3 is 6.09 Å². The Labute approximate surface area is 140 Å². The number of carbonyl (C=O) groups is 1. The van der Waals surface area contributed by atoms with Crippen LogP contribution in [0.15, 0.2) is 5.11 Å². The van der Waals surface area contributed by atoms with Gasteiger partial charge in [0, 0.05) is 4.91 Å². The van der Waals surface area contributed by atoms with Crippen LogP contribution in [-0.4, -0.2) is 38.7 Å². The van der Waals surface area contributed by atoms with Gasteiger partial charge < -0.3 is 14.5 Å². The molecule has 0 unspecified atom stereocenters. The molecule has 7 nitrogen and oxygen atoms in total. The molecule has 1 N–H and O–H groups in total. The standard InChI is InChI=1S/C15H32N4O3Si/c1-11(18-19-16)12(17-13(20)22-14(2,3)4)10-21-23(8,9)15(5,6)7/h11-12H,10H2,1-9H3,(H,17,20)/t11-,12-/m1/s1. The van der Waals surface area contributed by atoms with Gasteiger partial charge in [-0.2, -0.15) is 0 Å². The number of nitrogens with zero attached hydrogens (tertiary/aromatic N) is 3. The van der Waals surface area contributed by atoms with E-state index in [0.717, 1.165) is 0 Å². The molecule has 23 heavy (non-hydrogen) atoms. The quantitative estimate of drug-likeness (QED) is 0.330. The van der Waals surface area contributed by atoms with Crippen molar-refractivity contribution in [2.75, 3.05) is 6.61 Å². The van der Waals surface area contributed by atoms with E-state index in [4.69, 9.17) is 14.7 Å². The number of alkyl carbamates (subject to hydrolysis) is 1. The van der Waals surface area contributed by atoms with Gasteiger partial charge in [-0.25, -0.2) is 4.79 Å². The van der Waals surface area contributed by atoms with Gasteiger partial charge in [-0.3, -0.25) is 0 Å². The lowest BCUT2D eigenvalue weighted by atomic mass is 10.1. The third-order valence-electron chi connectivity index (χ3n) is 3.95. The first-order valence-corrected chi connectivity index (χ1v) is 10.8. The Kier molecular flexibility index (Phi) is 7.60. The van der Waals surface area contributed by atoms with Gasteiger partial charge in [0.15, 0.2) is 8.32 Å². The first-order valence-electron chi connectivity index (χ1n) is 7.87. The van der Waals surface area contributed by atoms with Gasteiger partial charge in [0.05, 0.1) is 18.7 Å². The van der Waals surface area contributed by atoms with Gasteiger partial charge in [-0.15, -0.1) is 0 Å². The lowest BCUT2D eigenvalue weighted by molar-refractivity contribution is 0.0476. The molecular formula is C15H32N4O3Si.